The van der Waals surface area contributed by atoms with Crippen LogP contribution in [0.25, 0.3) is 0 Å². The van der Waals surface area contributed by atoms with Gasteiger partial charge in [0.05, 0.1) is 5.02 Å². The van der Waals surface area contributed by atoms with Crippen LogP contribution in [0.5, 0.6) is 11.5 Å². The molecule has 3 nitrogen and oxygen atoms in total. The lowest BCUT2D eigenvalue weighted by molar-refractivity contribution is -0.274. The average molecular weight is 346 g/mol. The predicted octanol–water partition coefficient (Wildman–Crippen LogP) is 4.28. The zero-order valence-electron chi connectivity index (χ0n) is 12.0. The van der Waals surface area contributed by atoms with E-state index < -0.39 is 6.36 Å². The predicted molar refractivity (Wildman–Crippen MR) is 81.7 cm³/mol. The molecule has 0 aliphatic rings. The Bertz CT molecular complexity index is 662. The number of benzene rings is 2. The largest absolute Gasteiger partial charge is 0.573 e. The number of hydrogen-bond donors (Lipinski definition) is 2. The van der Waals surface area contributed by atoms with E-state index in [9.17, 15) is 18.3 Å². The molecular formula is C16H15ClF3NO2. The van der Waals surface area contributed by atoms with Crippen molar-refractivity contribution in [3.8, 4) is 11.5 Å². The van der Waals surface area contributed by atoms with Gasteiger partial charge >= 0.3 is 6.36 Å². The van der Waals surface area contributed by atoms with Crippen molar-refractivity contribution in [2.75, 3.05) is 6.54 Å². The summed E-state index contributed by atoms with van der Waals surface area (Å²) in [5.41, 5.74) is 1.17. The molecule has 7 heteroatoms. The number of nitrogens with one attached hydrogen (secondary N) is 1. The molecule has 0 aromatic heterocycles. The molecule has 0 aliphatic heterocycles. The van der Waals surface area contributed by atoms with Gasteiger partial charge in [0, 0.05) is 6.54 Å². The number of halogens is 4. The van der Waals surface area contributed by atoms with Gasteiger partial charge in [-0.15, -0.1) is 13.2 Å². The van der Waals surface area contributed by atoms with E-state index in [0.29, 0.717) is 30.6 Å². The van der Waals surface area contributed by atoms with E-state index in [1.54, 1.807) is 24.3 Å². The summed E-state index contributed by atoms with van der Waals surface area (Å²) in [5, 5.41) is 12.8. The number of phenolic OH excluding ortho intramolecular Hbond substituents is 1. The Kier molecular flexibility index (Phi) is 5.74. The van der Waals surface area contributed by atoms with Gasteiger partial charge in [0.15, 0.2) is 0 Å². The molecule has 0 bridgehead atoms. The van der Waals surface area contributed by atoms with E-state index in [1.807, 2.05) is 0 Å². The minimum Gasteiger partial charge on any atom is -0.506 e. The van der Waals surface area contributed by atoms with Crippen molar-refractivity contribution in [3.63, 3.8) is 0 Å². The number of ether oxygens (including phenoxy) is 1. The Balaban J connectivity index is 1.91. The van der Waals surface area contributed by atoms with Crippen LogP contribution in [0.15, 0.2) is 42.5 Å². The second kappa shape index (κ2) is 7.57. The summed E-state index contributed by atoms with van der Waals surface area (Å²) in [4.78, 5) is 0. The Hall–Kier alpha value is -1.92. The van der Waals surface area contributed by atoms with Crippen LogP contribution in [0.2, 0.25) is 5.02 Å². The molecule has 2 aromatic carbocycles. The first-order valence-corrected chi connectivity index (χ1v) is 7.25. The first kappa shape index (κ1) is 17.4. The highest BCUT2D eigenvalue weighted by atomic mass is 35.5. The van der Waals surface area contributed by atoms with E-state index in [2.05, 4.69) is 10.1 Å². The van der Waals surface area contributed by atoms with Gasteiger partial charge in [0.25, 0.3) is 0 Å². The summed E-state index contributed by atoms with van der Waals surface area (Å²) < 4.78 is 41.0. The van der Waals surface area contributed by atoms with Crippen LogP contribution < -0.4 is 10.1 Å². The zero-order valence-corrected chi connectivity index (χ0v) is 12.8. The number of para-hydroxylation sites is 1. The van der Waals surface area contributed by atoms with Crippen molar-refractivity contribution >= 4 is 11.6 Å². The van der Waals surface area contributed by atoms with Crippen LogP contribution in [0, 0.1) is 0 Å². The Labute approximate surface area is 136 Å². The third kappa shape index (κ3) is 5.33. The summed E-state index contributed by atoms with van der Waals surface area (Å²) >= 11 is 5.95. The van der Waals surface area contributed by atoms with E-state index >= 15 is 0 Å². The van der Waals surface area contributed by atoms with Gasteiger partial charge in [-0.2, -0.15) is 0 Å². The van der Waals surface area contributed by atoms with Gasteiger partial charge < -0.3 is 15.2 Å². The van der Waals surface area contributed by atoms with Crippen molar-refractivity contribution < 1.29 is 23.0 Å². The number of phenols is 1. The summed E-state index contributed by atoms with van der Waals surface area (Å²) in [5.74, 6) is -0.202. The molecule has 124 valence electrons. The van der Waals surface area contributed by atoms with E-state index in [1.165, 1.54) is 18.2 Å². The first-order valence-electron chi connectivity index (χ1n) is 6.87. The van der Waals surface area contributed by atoms with Crippen LogP contribution in [0.4, 0.5) is 13.2 Å². The highest BCUT2D eigenvalue weighted by Crippen LogP contribution is 2.27. The SMILES string of the molecule is Oc1cccc(CNCCc2ccccc2OC(F)(F)F)c1Cl. The summed E-state index contributed by atoms with van der Waals surface area (Å²) in [6.45, 7) is 0.833. The molecule has 0 saturated carbocycles. The molecule has 0 spiro atoms. The van der Waals surface area contributed by atoms with Crippen molar-refractivity contribution in [1.82, 2.24) is 5.32 Å². The third-order valence-electron chi connectivity index (χ3n) is 3.14. The van der Waals surface area contributed by atoms with Gasteiger partial charge in [0.2, 0.25) is 0 Å². The van der Waals surface area contributed by atoms with E-state index in [4.69, 9.17) is 11.6 Å². The molecule has 0 aliphatic carbocycles. The molecule has 0 atom stereocenters. The molecule has 0 saturated heterocycles. The molecule has 0 fully saturated rings. The first-order chi connectivity index (χ1) is 10.9. The summed E-state index contributed by atoms with van der Waals surface area (Å²) in [6.07, 6.45) is -4.35. The van der Waals surface area contributed by atoms with Gasteiger partial charge in [-0.1, -0.05) is 41.9 Å². The summed E-state index contributed by atoms with van der Waals surface area (Å²) in [7, 11) is 0. The number of rotatable bonds is 6. The highest BCUT2D eigenvalue weighted by molar-refractivity contribution is 6.32. The van der Waals surface area contributed by atoms with Crippen LogP contribution in [-0.4, -0.2) is 18.0 Å². The fraction of sp³-hybridized carbons (Fsp3) is 0.250. The van der Waals surface area contributed by atoms with Crippen molar-refractivity contribution in [1.29, 1.82) is 0 Å². The monoisotopic (exact) mass is 345 g/mol. The van der Waals surface area contributed by atoms with Crippen molar-refractivity contribution in [2.24, 2.45) is 0 Å². The molecule has 2 aromatic rings. The van der Waals surface area contributed by atoms with Crippen LogP contribution in [0.1, 0.15) is 11.1 Å². The van der Waals surface area contributed by atoms with Gasteiger partial charge in [-0.3, -0.25) is 0 Å². The highest BCUT2D eigenvalue weighted by Gasteiger charge is 2.31. The topological polar surface area (TPSA) is 41.5 Å². The Morgan fingerprint density at radius 1 is 1.04 bits per heavy atom. The van der Waals surface area contributed by atoms with Crippen LogP contribution >= 0.6 is 11.6 Å². The lowest BCUT2D eigenvalue weighted by Crippen LogP contribution is -2.20. The lowest BCUT2D eigenvalue weighted by Gasteiger charge is -2.13. The molecule has 0 unspecified atom stereocenters. The van der Waals surface area contributed by atoms with Crippen molar-refractivity contribution in [2.45, 2.75) is 19.3 Å². The van der Waals surface area contributed by atoms with E-state index in [-0.39, 0.29) is 16.5 Å². The fourth-order valence-electron chi connectivity index (χ4n) is 2.08. The molecule has 2 N–H and O–H groups in total. The maximum absolute atomic E-state index is 12.3. The van der Waals surface area contributed by atoms with Gasteiger partial charge in [0.1, 0.15) is 11.5 Å². The van der Waals surface area contributed by atoms with E-state index in [0.717, 1.165) is 0 Å². The number of aromatic hydroxyl groups is 1. The quantitative estimate of drug-likeness (QED) is 0.768. The molecule has 0 amide bonds. The minimum atomic E-state index is -4.71. The van der Waals surface area contributed by atoms with Gasteiger partial charge in [-0.25, -0.2) is 0 Å². The minimum absolute atomic E-state index is 0.00473. The number of hydrogen-bond acceptors (Lipinski definition) is 3. The fourth-order valence-corrected chi connectivity index (χ4v) is 2.28. The standard InChI is InChI=1S/C16H15ClF3NO2/c17-15-12(5-3-6-13(15)22)10-21-9-8-11-4-1-2-7-14(11)23-16(18,19)20/h1-7,21-22H,8-10H2. The lowest BCUT2D eigenvalue weighted by atomic mass is 10.1. The third-order valence-corrected chi connectivity index (χ3v) is 3.58. The molecule has 23 heavy (non-hydrogen) atoms. The Morgan fingerprint density at radius 2 is 1.74 bits per heavy atom. The molecule has 0 radical (unpaired) electrons. The summed E-state index contributed by atoms with van der Waals surface area (Å²) in [6, 6.07) is 10.9. The maximum Gasteiger partial charge on any atom is 0.573 e. The molecule has 2 rings (SSSR count). The Morgan fingerprint density at radius 3 is 2.48 bits per heavy atom. The zero-order chi connectivity index (χ0) is 16.9. The number of alkyl halides is 3. The van der Waals surface area contributed by atoms with Crippen LogP contribution in [-0.2, 0) is 13.0 Å². The maximum atomic E-state index is 12.3. The smallest absolute Gasteiger partial charge is 0.506 e. The van der Waals surface area contributed by atoms with Gasteiger partial charge in [-0.05, 0) is 36.2 Å². The normalized spacial score (nSPS) is 11.5. The average Bonchev–Trinajstić information content (AvgIpc) is 2.48. The molecular weight excluding hydrogens is 331 g/mol. The second-order valence-corrected chi connectivity index (χ2v) is 5.21. The van der Waals surface area contributed by atoms with Crippen LogP contribution in [0.3, 0.4) is 0 Å². The van der Waals surface area contributed by atoms with Crippen molar-refractivity contribution in [3.05, 3.63) is 58.6 Å². The second-order valence-electron chi connectivity index (χ2n) is 4.83. The molecule has 0 heterocycles.